The summed E-state index contributed by atoms with van der Waals surface area (Å²) < 4.78 is 72.8. The van der Waals surface area contributed by atoms with Crippen molar-refractivity contribution in [1.82, 2.24) is 4.24 Å². The lowest BCUT2D eigenvalue weighted by Crippen LogP contribution is -2.20. The molecule has 1 amide bonds. The summed E-state index contributed by atoms with van der Waals surface area (Å²) in [6.07, 6.45) is -3.40. The largest absolute Gasteiger partial charge is 0.453 e. The number of para-hydroxylation sites is 1. The maximum absolute atomic E-state index is 15.2. The highest BCUT2D eigenvalue weighted by atomic mass is 79.9. The number of carbonyl (C=O) groups excluding carboxylic acids is 1. The second kappa shape index (κ2) is 11.1. The fraction of sp³-hybridized carbons (Fsp3) is 0.0909. The molecule has 0 saturated carbocycles. The van der Waals surface area contributed by atoms with E-state index >= 15 is 4.39 Å². The van der Waals surface area contributed by atoms with Gasteiger partial charge in [-0.3, -0.25) is 4.79 Å². The van der Waals surface area contributed by atoms with Crippen molar-refractivity contribution >= 4 is 49.3 Å². The molecule has 0 unspecified atom stereocenters. The number of sulfonamides is 1. The standard InChI is InChI=1S/C22H14BrClF3N3O4S/c23-16-6-5-13(10-19(31)29-17-3-1-2-4-18(17)35(32,33)30-24)20(25)21(16)34-15-8-12(11-28)7-14(9-15)22(26)27/h1-9,22,30H,10H2,(H,29,31). The Morgan fingerprint density at radius 1 is 1.17 bits per heavy atom. The lowest BCUT2D eigenvalue weighted by Gasteiger charge is -2.14. The highest BCUT2D eigenvalue weighted by Crippen LogP contribution is 2.36. The van der Waals surface area contributed by atoms with Crippen LogP contribution in [0.15, 0.2) is 64.0 Å². The number of halogens is 5. The number of alkyl halides is 2. The van der Waals surface area contributed by atoms with Crippen molar-refractivity contribution in [3.8, 4) is 17.6 Å². The van der Waals surface area contributed by atoms with Gasteiger partial charge in [0.15, 0.2) is 11.6 Å². The van der Waals surface area contributed by atoms with Crippen LogP contribution in [0.4, 0.5) is 18.9 Å². The second-order valence-electron chi connectivity index (χ2n) is 6.96. The Kier molecular flexibility index (Phi) is 8.39. The number of nitrogens with one attached hydrogen (secondary N) is 2. The maximum atomic E-state index is 15.2. The second-order valence-corrected chi connectivity index (χ2v) is 9.87. The van der Waals surface area contributed by atoms with E-state index in [1.54, 1.807) is 10.3 Å². The van der Waals surface area contributed by atoms with Gasteiger partial charge in [-0.2, -0.15) is 5.26 Å². The van der Waals surface area contributed by atoms with E-state index in [2.05, 4.69) is 21.2 Å². The highest BCUT2D eigenvalue weighted by Gasteiger charge is 2.21. The number of carbonyl (C=O) groups is 1. The molecule has 3 rings (SSSR count). The number of amides is 1. The van der Waals surface area contributed by atoms with E-state index < -0.39 is 40.2 Å². The van der Waals surface area contributed by atoms with E-state index in [1.807, 2.05) is 0 Å². The van der Waals surface area contributed by atoms with Crippen LogP contribution in [-0.2, 0) is 21.2 Å². The summed E-state index contributed by atoms with van der Waals surface area (Å²) >= 11 is 8.37. The first-order valence-corrected chi connectivity index (χ1v) is 12.2. The number of nitriles is 1. The van der Waals surface area contributed by atoms with Crippen molar-refractivity contribution in [2.24, 2.45) is 0 Å². The van der Waals surface area contributed by atoms with Gasteiger partial charge in [0, 0.05) is 11.1 Å². The first kappa shape index (κ1) is 26.5. The first-order valence-electron chi connectivity index (χ1n) is 9.55. The molecule has 0 aliphatic rings. The van der Waals surface area contributed by atoms with Crippen LogP contribution in [0.3, 0.4) is 0 Å². The molecule has 0 aliphatic heterocycles. The number of hydrogen-bond acceptors (Lipinski definition) is 5. The van der Waals surface area contributed by atoms with E-state index in [-0.39, 0.29) is 37.7 Å². The molecule has 0 atom stereocenters. The molecule has 0 bridgehead atoms. The molecule has 0 radical (unpaired) electrons. The summed E-state index contributed by atoms with van der Waals surface area (Å²) in [6, 6.07) is 13.0. The van der Waals surface area contributed by atoms with Gasteiger partial charge < -0.3 is 10.1 Å². The molecule has 2 N–H and O–H groups in total. The first-order chi connectivity index (χ1) is 16.6. The zero-order valence-corrected chi connectivity index (χ0v) is 20.5. The Bertz CT molecular complexity index is 1430. The van der Waals surface area contributed by atoms with Gasteiger partial charge in [-0.25, -0.2) is 21.6 Å². The Labute approximate surface area is 211 Å². The number of nitrogens with zero attached hydrogens (tertiary/aromatic N) is 1. The molecule has 0 aromatic heterocycles. The van der Waals surface area contributed by atoms with E-state index in [9.17, 15) is 22.0 Å². The van der Waals surface area contributed by atoms with Crippen LogP contribution in [0.25, 0.3) is 0 Å². The molecule has 35 heavy (non-hydrogen) atoms. The highest BCUT2D eigenvalue weighted by molar-refractivity contribution is 9.10. The number of ether oxygens (including phenoxy) is 1. The number of benzene rings is 3. The molecule has 182 valence electrons. The van der Waals surface area contributed by atoms with Gasteiger partial charge in [-0.15, -0.1) is 4.24 Å². The molecule has 0 heterocycles. The van der Waals surface area contributed by atoms with Gasteiger partial charge in [0.1, 0.15) is 10.6 Å². The monoisotopic (exact) mass is 587 g/mol. The minimum absolute atomic E-state index is 0.0764. The minimum atomic E-state index is -4.09. The number of rotatable bonds is 8. The summed E-state index contributed by atoms with van der Waals surface area (Å²) in [6.45, 7) is 0. The maximum Gasteiger partial charge on any atom is 0.264 e. The van der Waals surface area contributed by atoms with E-state index in [0.717, 1.165) is 12.1 Å². The predicted octanol–water partition coefficient (Wildman–Crippen LogP) is 5.80. The van der Waals surface area contributed by atoms with Gasteiger partial charge in [0.2, 0.25) is 5.91 Å². The Morgan fingerprint density at radius 3 is 2.54 bits per heavy atom. The average molecular weight is 589 g/mol. The summed E-state index contributed by atoms with van der Waals surface area (Å²) in [5.41, 5.74) is -0.786. The minimum Gasteiger partial charge on any atom is -0.453 e. The zero-order chi connectivity index (χ0) is 25.8. The zero-order valence-electron chi connectivity index (χ0n) is 17.4. The van der Waals surface area contributed by atoms with Crippen LogP contribution in [-0.4, -0.2) is 14.3 Å². The van der Waals surface area contributed by atoms with Crippen LogP contribution in [0.2, 0.25) is 0 Å². The van der Waals surface area contributed by atoms with E-state index in [0.29, 0.717) is 0 Å². The van der Waals surface area contributed by atoms with Crippen LogP contribution in [0.1, 0.15) is 23.1 Å². The lowest BCUT2D eigenvalue weighted by atomic mass is 10.1. The molecule has 13 heteroatoms. The molecule has 7 nitrogen and oxygen atoms in total. The molecule has 3 aromatic carbocycles. The fourth-order valence-corrected chi connectivity index (χ4v) is 4.39. The van der Waals surface area contributed by atoms with E-state index in [4.69, 9.17) is 21.8 Å². The third-order valence-electron chi connectivity index (χ3n) is 4.56. The number of hydrogen-bond donors (Lipinski definition) is 2. The smallest absolute Gasteiger partial charge is 0.264 e. The molecular formula is C22H14BrClF3N3O4S. The third kappa shape index (κ3) is 6.32. The van der Waals surface area contributed by atoms with Crippen LogP contribution in [0.5, 0.6) is 11.5 Å². The van der Waals surface area contributed by atoms with Crippen LogP contribution < -0.4 is 14.3 Å². The molecule has 0 fully saturated rings. The Morgan fingerprint density at radius 2 is 1.89 bits per heavy atom. The van der Waals surface area contributed by atoms with Gasteiger partial charge in [-0.1, -0.05) is 18.2 Å². The van der Waals surface area contributed by atoms with Crippen molar-refractivity contribution in [3.63, 3.8) is 0 Å². The summed E-state index contributed by atoms with van der Waals surface area (Å²) in [4.78, 5) is 12.3. The van der Waals surface area contributed by atoms with Crippen molar-refractivity contribution < 1.29 is 31.1 Å². The Hall–Kier alpha value is -3.11. The van der Waals surface area contributed by atoms with Crippen LogP contribution >= 0.6 is 27.7 Å². The van der Waals surface area contributed by atoms with Crippen molar-refractivity contribution in [3.05, 3.63) is 81.6 Å². The van der Waals surface area contributed by atoms with Gasteiger partial charge >= 0.3 is 0 Å². The predicted molar refractivity (Wildman–Crippen MR) is 125 cm³/mol. The van der Waals surface area contributed by atoms with Gasteiger partial charge in [-0.05, 0) is 64.1 Å². The quantitative estimate of drug-likeness (QED) is 0.323. The lowest BCUT2D eigenvalue weighted by molar-refractivity contribution is -0.115. The van der Waals surface area contributed by atoms with Gasteiger partial charge in [0.25, 0.3) is 16.4 Å². The van der Waals surface area contributed by atoms with Crippen molar-refractivity contribution in [2.75, 3.05) is 5.32 Å². The van der Waals surface area contributed by atoms with Crippen LogP contribution in [0, 0.1) is 17.1 Å². The summed E-state index contributed by atoms with van der Waals surface area (Å²) in [7, 11) is -4.09. The number of anilines is 1. The van der Waals surface area contributed by atoms with Crippen molar-refractivity contribution in [1.29, 1.82) is 5.26 Å². The SMILES string of the molecule is N#Cc1cc(Oc2c(Br)ccc(CC(=O)Nc3ccccc3S(=O)(=O)NCl)c2F)cc(C(F)F)c1. The summed E-state index contributed by atoms with van der Waals surface area (Å²) in [5.74, 6) is -2.30. The summed E-state index contributed by atoms with van der Waals surface area (Å²) in [5, 5.41) is 11.5. The Balaban J connectivity index is 1.88. The molecule has 3 aromatic rings. The third-order valence-corrected chi connectivity index (χ3v) is 6.93. The molecule has 0 aliphatic carbocycles. The molecule has 0 spiro atoms. The normalized spacial score (nSPS) is 11.2. The van der Waals surface area contributed by atoms with E-state index in [1.165, 1.54) is 42.5 Å². The molecular weight excluding hydrogens is 575 g/mol. The fourth-order valence-electron chi connectivity index (χ4n) is 3.01. The van der Waals surface area contributed by atoms with Gasteiger partial charge in [0.05, 0.1) is 28.2 Å². The topological polar surface area (TPSA) is 108 Å². The average Bonchev–Trinajstić information content (AvgIpc) is 2.83. The van der Waals surface area contributed by atoms with Crippen molar-refractivity contribution in [2.45, 2.75) is 17.7 Å². The molecule has 0 saturated heterocycles.